The minimum absolute atomic E-state index is 0.0193. The van der Waals surface area contributed by atoms with E-state index in [0.29, 0.717) is 17.9 Å². The molecule has 0 bridgehead atoms. The zero-order chi connectivity index (χ0) is 13.8. The first-order valence-corrected chi connectivity index (χ1v) is 6.68. The van der Waals surface area contributed by atoms with Crippen molar-refractivity contribution in [2.75, 3.05) is 0 Å². The van der Waals surface area contributed by atoms with Crippen LogP contribution in [0.3, 0.4) is 0 Å². The van der Waals surface area contributed by atoms with Crippen LogP contribution in [0.1, 0.15) is 16.7 Å². The fourth-order valence-corrected chi connectivity index (χ4v) is 1.98. The highest BCUT2D eigenvalue weighted by atomic mass is 79.9. The second-order valence-electron chi connectivity index (χ2n) is 4.33. The van der Waals surface area contributed by atoms with Crippen LogP contribution in [0.5, 0.6) is 5.75 Å². The zero-order valence-electron chi connectivity index (χ0n) is 10.6. The molecule has 3 nitrogen and oxygen atoms in total. The van der Waals surface area contributed by atoms with Crippen molar-refractivity contribution in [2.45, 2.75) is 13.5 Å². The summed E-state index contributed by atoms with van der Waals surface area (Å²) >= 11 is 3.40. The Balaban J connectivity index is 2.16. The van der Waals surface area contributed by atoms with Gasteiger partial charge in [-0.15, -0.1) is 0 Å². The van der Waals surface area contributed by atoms with Gasteiger partial charge in [0.25, 0.3) is 0 Å². The Morgan fingerprint density at radius 2 is 1.89 bits per heavy atom. The van der Waals surface area contributed by atoms with Gasteiger partial charge in [0.05, 0.1) is 5.56 Å². The second-order valence-corrected chi connectivity index (χ2v) is 5.24. The standard InChI is InChI=1S/C15H15BrN2O/c1-10-2-7-13(15(17)18)14(8-10)19-9-11-3-5-12(16)6-4-11/h2-8H,9H2,1H3,(H3,17,18). The molecule has 0 aromatic heterocycles. The topological polar surface area (TPSA) is 59.1 Å². The van der Waals surface area contributed by atoms with Gasteiger partial charge in [0.15, 0.2) is 0 Å². The highest BCUT2D eigenvalue weighted by Gasteiger charge is 2.07. The van der Waals surface area contributed by atoms with Crippen LogP contribution in [0.2, 0.25) is 0 Å². The molecule has 0 saturated heterocycles. The van der Waals surface area contributed by atoms with E-state index in [1.54, 1.807) is 0 Å². The van der Waals surface area contributed by atoms with E-state index in [-0.39, 0.29) is 5.84 Å². The summed E-state index contributed by atoms with van der Waals surface area (Å²) in [6, 6.07) is 13.6. The Bertz CT molecular complexity index is 594. The zero-order valence-corrected chi connectivity index (χ0v) is 12.2. The fourth-order valence-electron chi connectivity index (χ4n) is 1.71. The molecular formula is C15H15BrN2O. The van der Waals surface area contributed by atoms with E-state index in [4.69, 9.17) is 15.9 Å². The van der Waals surface area contributed by atoms with E-state index in [0.717, 1.165) is 15.6 Å². The predicted molar refractivity (Wildman–Crippen MR) is 80.7 cm³/mol. The van der Waals surface area contributed by atoms with Crippen molar-refractivity contribution in [2.24, 2.45) is 5.73 Å². The first-order chi connectivity index (χ1) is 9.06. The number of nitrogens with two attached hydrogens (primary N) is 1. The van der Waals surface area contributed by atoms with Crippen LogP contribution in [-0.4, -0.2) is 5.84 Å². The van der Waals surface area contributed by atoms with Crippen molar-refractivity contribution in [1.82, 2.24) is 0 Å². The molecule has 0 spiro atoms. The number of benzene rings is 2. The van der Waals surface area contributed by atoms with Crippen molar-refractivity contribution >= 4 is 21.8 Å². The molecule has 19 heavy (non-hydrogen) atoms. The normalized spacial score (nSPS) is 10.2. The lowest BCUT2D eigenvalue weighted by molar-refractivity contribution is 0.305. The first-order valence-electron chi connectivity index (χ1n) is 5.88. The SMILES string of the molecule is Cc1ccc(C(=N)N)c(OCc2ccc(Br)cc2)c1. The quantitative estimate of drug-likeness (QED) is 0.668. The fraction of sp³-hybridized carbons (Fsp3) is 0.133. The molecule has 0 aliphatic carbocycles. The number of halogens is 1. The maximum atomic E-state index is 7.55. The summed E-state index contributed by atoms with van der Waals surface area (Å²) in [5.74, 6) is 0.668. The third-order valence-electron chi connectivity index (χ3n) is 2.73. The summed E-state index contributed by atoms with van der Waals surface area (Å²) in [5.41, 5.74) is 8.33. The van der Waals surface area contributed by atoms with Gasteiger partial charge in [-0.2, -0.15) is 0 Å². The summed E-state index contributed by atoms with van der Waals surface area (Å²) in [7, 11) is 0. The lowest BCUT2D eigenvalue weighted by atomic mass is 10.1. The molecule has 2 rings (SSSR count). The average Bonchev–Trinajstić information content (AvgIpc) is 2.38. The summed E-state index contributed by atoms with van der Waals surface area (Å²) in [5, 5.41) is 7.55. The minimum Gasteiger partial charge on any atom is -0.488 e. The number of hydrogen-bond acceptors (Lipinski definition) is 2. The van der Waals surface area contributed by atoms with Crippen molar-refractivity contribution < 1.29 is 4.74 Å². The smallest absolute Gasteiger partial charge is 0.130 e. The molecule has 0 saturated carbocycles. The third-order valence-corrected chi connectivity index (χ3v) is 3.26. The molecule has 0 aliphatic rings. The number of ether oxygens (including phenoxy) is 1. The Labute approximate surface area is 121 Å². The second kappa shape index (κ2) is 5.89. The number of nitrogen functional groups attached to an aromatic ring is 1. The molecule has 2 aromatic carbocycles. The Hall–Kier alpha value is -1.81. The minimum atomic E-state index is 0.0193. The molecule has 0 heterocycles. The van der Waals surface area contributed by atoms with Crippen LogP contribution in [0.4, 0.5) is 0 Å². The van der Waals surface area contributed by atoms with Crippen LogP contribution < -0.4 is 10.5 Å². The molecule has 98 valence electrons. The number of nitrogens with one attached hydrogen (secondary N) is 1. The molecule has 4 heteroatoms. The number of rotatable bonds is 4. The molecule has 3 N–H and O–H groups in total. The summed E-state index contributed by atoms with van der Waals surface area (Å²) in [6.45, 7) is 2.44. The lowest BCUT2D eigenvalue weighted by Crippen LogP contribution is -2.13. The molecule has 0 amide bonds. The van der Waals surface area contributed by atoms with Crippen molar-refractivity contribution in [3.63, 3.8) is 0 Å². The highest BCUT2D eigenvalue weighted by Crippen LogP contribution is 2.21. The van der Waals surface area contributed by atoms with Gasteiger partial charge in [0.1, 0.15) is 18.2 Å². The van der Waals surface area contributed by atoms with Crippen LogP contribution >= 0.6 is 15.9 Å². The Morgan fingerprint density at radius 3 is 2.53 bits per heavy atom. The maximum absolute atomic E-state index is 7.55. The van der Waals surface area contributed by atoms with Gasteiger partial charge >= 0.3 is 0 Å². The van der Waals surface area contributed by atoms with Crippen LogP contribution in [0, 0.1) is 12.3 Å². The monoisotopic (exact) mass is 318 g/mol. The lowest BCUT2D eigenvalue weighted by Gasteiger charge is -2.11. The van der Waals surface area contributed by atoms with Crippen molar-refractivity contribution in [1.29, 1.82) is 5.41 Å². The molecule has 0 fully saturated rings. The summed E-state index contributed by atoms with van der Waals surface area (Å²) in [6.07, 6.45) is 0. The van der Waals surface area contributed by atoms with E-state index in [9.17, 15) is 0 Å². The van der Waals surface area contributed by atoms with Crippen molar-refractivity contribution in [3.8, 4) is 5.75 Å². The largest absolute Gasteiger partial charge is 0.488 e. The first kappa shape index (κ1) is 13.6. The van der Waals surface area contributed by atoms with Gasteiger partial charge in [0, 0.05) is 4.47 Å². The molecule has 0 unspecified atom stereocenters. The van der Waals surface area contributed by atoms with E-state index in [1.165, 1.54) is 0 Å². The molecular weight excluding hydrogens is 304 g/mol. The summed E-state index contributed by atoms with van der Waals surface area (Å²) < 4.78 is 6.81. The van der Waals surface area contributed by atoms with Gasteiger partial charge in [-0.05, 0) is 42.3 Å². The predicted octanol–water partition coefficient (Wildman–Crippen LogP) is 3.62. The van der Waals surface area contributed by atoms with E-state index in [2.05, 4.69) is 15.9 Å². The molecule has 0 radical (unpaired) electrons. The maximum Gasteiger partial charge on any atom is 0.130 e. The Morgan fingerprint density at radius 1 is 1.21 bits per heavy atom. The van der Waals surface area contributed by atoms with Gasteiger partial charge in [-0.1, -0.05) is 34.1 Å². The summed E-state index contributed by atoms with van der Waals surface area (Å²) in [4.78, 5) is 0. The van der Waals surface area contributed by atoms with E-state index in [1.807, 2.05) is 49.4 Å². The average molecular weight is 319 g/mol. The van der Waals surface area contributed by atoms with E-state index < -0.39 is 0 Å². The van der Waals surface area contributed by atoms with Gasteiger partial charge < -0.3 is 10.5 Å². The van der Waals surface area contributed by atoms with Gasteiger partial charge in [-0.25, -0.2) is 0 Å². The Kier molecular flexibility index (Phi) is 4.22. The number of amidine groups is 1. The van der Waals surface area contributed by atoms with Crippen LogP contribution in [-0.2, 0) is 6.61 Å². The number of hydrogen-bond donors (Lipinski definition) is 2. The molecule has 0 atom stereocenters. The molecule has 2 aromatic rings. The van der Waals surface area contributed by atoms with Gasteiger partial charge in [0.2, 0.25) is 0 Å². The highest BCUT2D eigenvalue weighted by molar-refractivity contribution is 9.10. The van der Waals surface area contributed by atoms with Crippen molar-refractivity contribution in [3.05, 3.63) is 63.6 Å². The third kappa shape index (κ3) is 3.58. The van der Waals surface area contributed by atoms with E-state index >= 15 is 0 Å². The number of aryl methyl sites for hydroxylation is 1. The van der Waals surface area contributed by atoms with Gasteiger partial charge in [-0.3, -0.25) is 5.41 Å². The van der Waals surface area contributed by atoms with Crippen LogP contribution in [0.25, 0.3) is 0 Å². The molecule has 0 aliphatic heterocycles. The van der Waals surface area contributed by atoms with Crippen LogP contribution in [0.15, 0.2) is 46.9 Å².